The molecule has 0 bridgehead atoms. The van der Waals surface area contributed by atoms with Crippen LogP contribution in [0.25, 0.3) is 0 Å². The first-order chi connectivity index (χ1) is 9.88. The van der Waals surface area contributed by atoms with E-state index in [1.807, 2.05) is 6.92 Å². The average Bonchev–Trinajstić information content (AvgIpc) is 2.45. The van der Waals surface area contributed by atoms with Crippen LogP contribution in [0.4, 0.5) is 19.1 Å². The molecule has 5 nitrogen and oxygen atoms in total. The third-order valence-electron chi connectivity index (χ3n) is 3.49. The van der Waals surface area contributed by atoms with E-state index in [1.165, 1.54) is 0 Å². The predicted molar refractivity (Wildman–Crippen MR) is 72.0 cm³/mol. The predicted octanol–water partition coefficient (Wildman–Crippen LogP) is 2.02. The Morgan fingerprint density at radius 1 is 1.52 bits per heavy atom. The third-order valence-corrected chi connectivity index (χ3v) is 3.49. The largest absolute Gasteiger partial charge is 0.433 e. The van der Waals surface area contributed by atoms with Crippen LogP contribution in [-0.4, -0.2) is 53.3 Å². The minimum absolute atomic E-state index is 0.00223. The molecule has 1 aliphatic heterocycles. The summed E-state index contributed by atoms with van der Waals surface area (Å²) in [6.07, 6.45) is -3.34. The maximum Gasteiger partial charge on any atom is 0.433 e. The van der Waals surface area contributed by atoms with Gasteiger partial charge in [-0.3, -0.25) is 4.90 Å². The van der Waals surface area contributed by atoms with E-state index in [0.717, 1.165) is 18.8 Å². The summed E-state index contributed by atoms with van der Waals surface area (Å²) >= 11 is 0. The van der Waals surface area contributed by atoms with Gasteiger partial charge < -0.3 is 10.1 Å². The molecular weight excluding hydrogens is 285 g/mol. The number of aromatic nitrogens is 2. The van der Waals surface area contributed by atoms with E-state index in [9.17, 15) is 13.2 Å². The highest BCUT2D eigenvalue weighted by molar-refractivity contribution is 5.26. The third kappa shape index (κ3) is 4.28. The molecule has 1 fully saturated rings. The molecule has 0 aromatic carbocycles. The van der Waals surface area contributed by atoms with Gasteiger partial charge in [-0.1, -0.05) is 0 Å². The number of nitrogens with zero attached hydrogens (tertiary/aromatic N) is 3. The summed E-state index contributed by atoms with van der Waals surface area (Å²) in [6, 6.07) is 1.30. The van der Waals surface area contributed by atoms with Crippen molar-refractivity contribution in [1.29, 1.82) is 0 Å². The fraction of sp³-hybridized carbons (Fsp3) is 0.692. The number of ether oxygens (including phenoxy) is 1. The summed E-state index contributed by atoms with van der Waals surface area (Å²) in [6.45, 7) is 6.72. The van der Waals surface area contributed by atoms with E-state index in [4.69, 9.17) is 4.74 Å². The smallest absolute Gasteiger partial charge is 0.379 e. The summed E-state index contributed by atoms with van der Waals surface area (Å²) < 4.78 is 43.1. The Bertz CT molecular complexity index is 469. The number of halogens is 3. The van der Waals surface area contributed by atoms with Crippen molar-refractivity contribution < 1.29 is 17.9 Å². The first kappa shape index (κ1) is 16.0. The molecule has 118 valence electrons. The number of hydrogen-bond donors (Lipinski definition) is 1. The van der Waals surface area contributed by atoms with Gasteiger partial charge in [0.15, 0.2) is 0 Å². The second kappa shape index (κ2) is 6.57. The number of hydrogen-bond acceptors (Lipinski definition) is 5. The van der Waals surface area contributed by atoms with E-state index >= 15 is 0 Å². The quantitative estimate of drug-likeness (QED) is 0.922. The van der Waals surface area contributed by atoms with Crippen molar-refractivity contribution in [3.8, 4) is 0 Å². The van der Waals surface area contributed by atoms with Gasteiger partial charge in [-0.25, -0.2) is 9.97 Å². The fourth-order valence-corrected chi connectivity index (χ4v) is 2.35. The lowest BCUT2D eigenvalue weighted by atomic mass is 10.2. The van der Waals surface area contributed by atoms with Crippen molar-refractivity contribution in [1.82, 2.24) is 14.9 Å². The summed E-state index contributed by atoms with van der Waals surface area (Å²) in [5, 5.41) is 2.87. The number of nitrogens with one attached hydrogen (secondary N) is 1. The monoisotopic (exact) mass is 304 g/mol. The van der Waals surface area contributed by atoms with E-state index < -0.39 is 11.9 Å². The maximum absolute atomic E-state index is 12.6. The molecule has 0 radical (unpaired) electrons. The molecule has 1 aromatic heterocycles. The summed E-state index contributed by atoms with van der Waals surface area (Å²) in [5.74, 6) is -0.00223. The standard InChI is InChI=1S/C13H19F3N4O/c1-9(20-5-6-21-8-10(20)2)7-18-12-17-4-3-11(19-12)13(14,15)16/h3-4,9-10H,5-8H2,1-2H3,(H,17,18,19)/t9-,10-/m1/s1. The molecular formula is C13H19F3N4O. The van der Waals surface area contributed by atoms with Gasteiger partial charge in [0.05, 0.1) is 13.2 Å². The molecule has 1 saturated heterocycles. The number of anilines is 1. The Morgan fingerprint density at radius 3 is 2.95 bits per heavy atom. The summed E-state index contributed by atoms with van der Waals surface area (Å²) in [4.78, 5) is 9.57. The molecule has 0 saturated carbocycles. The van der Waals surface area contributed by atoms with Crippen molar-refractivity contribution in [2.75, 3.05) is 31.6 Å². The molecule has 1 N–H and O–H groups in total. The van der Waals surface area contributed by atoms with E-state index in [-0.39, 0.29) is 18.0 Å². The van der Waals surface area contributed by atoms with Gasteiger partial charge >= 0.3 is 6.18 Å². The molecule has 2 rings (SSSR count). The molecule has 0 amide bonds. The minimum Gasteiger partial charge on any atom is -0.379 e. The molecule has 1 aromatic rings. The van der Waals surface area contributed by atoms with Gasteiger partial charge in [-0.15, -0.1) is 0 Å². The Kier molecular flexibility index (Phi) is 5.00. The highest BCUT2D eigenvalue weighted by Gasteiger charge is 2.32. The van der Waals surface area contributed by atoms with Crippen LogP contribution < -0.4 is 5.32 Å². The Labute approximate surface area is 121 Å². The van der Waals surface area contributed by atoms with Gasteiger partial charge in [0, 0.05) is 31.4 Å². The van der Waals surface area contributed by atoms with Gasteiger partial charge in [-0.2, -0.15) is 13.2 Å². The van der Waals surface area contributed by atoms with Crippen molar-refractivity contribution in [3.63, 3.8) is 0 Å². The Hall–Kier alpha value is -1.41. The van der Waals surface area contributed by atoms with Gasteiger partial charge in [0.2, 0.25) is 5.95 Å². The normalized spacial score (nSPS) is 22.0. The van der Waals surface area contributed by atoms with Crippen molar-refractivity contribution in [2.24, 2.45) is 0 Å². The van der Waals surface area contributed by atoms with Crippen LogP contribution in [0.1, 0.15) is 19.5 Å². The first-order valence-corrected chi connectivity index (χ1v) is 6.85. The topological polar surface area (TPSA) is 50.3 Å². The highest BCUT2D eigenvalue weighted by Crippen LogP contribution is 2.27. The molecule has 0 aliphatic carbocycles. The Morgan fingerprint density at radius 2 is 2.29 bits per heavy atom. The summed E-state index contributed by atoms with van der Waals surface area (Å²) in [7, 11) is 0. The molecule has 0 spiro atoms. The zero-order chi connectivity index (χ0) is 15.5. The van der Waals surface area contributed by atoms with Crippen LogP contribution in [0.5, 0.6) is 0 Å². The van der Waals surface area contributed by atoms with Gasteiger partial charge in [0.1, 0.15) is 5.69 Å². The lowest BCUT2D eigenvalue weighted by Crippen LogP contribution is -2.50. The van der Waals surface area contributed by atoms with E-state index in [2.05, 4.69) is 27.1 Å². The molecule has 2 heterocycles. The van der Waals surface area contributed by atoms with Crippen molar-refractivity contribution >= 4 is 5.95 Å². The van der Waals surface area contributed by atoms with E-state index in [0.29, 0.717) is 19.8 Å². The minimum atomic E-state index is -4.45. The van der Waals surface area contributed by atoms with Crippen LogP contribution in [0.3, 0.4) is 0 Å². The lowest BCUT2D eigenvalue weighted by Gasteiger charge is -2.37. The SMILES string of the molecule is C[C@H](CNc1nccc(C(F)(F)F)n1)N1CCOC[C@H]1C. The zero-order valence-electron chi connectivity index (χ0n) is 12.0. The second-order valence-corrected chi connectivity index (χ2v) is 5.15. The zero-order valence-corrected chi connectivity index (χ0v) is 12.0. The Balaban J connectivity index is 1.93. The molecule has 1 aliphatic rings. The van der Waals surface area contributed by atoms with Crippen molar-refractivity contribution in [3.05, 3.63) is 18.0 Å². The maximum atomic E-state index is 12.6. The lowest BCUT2D eigenvalue weighted by molar-refractivity contribution is -0.141. The average molecular weight is 304 g/mol. The van der Waals surface area contributed by atoms with Crippen LogP contribution in [0.2, 0.25) is 0 Å². The highest BCUT2D eigenvalue weighted by atomic mass is 19.4. The van der Waals surface area contributed by atoms with Crippen LogP contribution >= 0.6 is 0 Å². The number of rotatable bonds is 4. The summed E-state index contributed by atoms with van der Waals surface area (Å²) in [5.41, 5.74) is -0.938. The number of morpholine rings is 1. The van der Waals surface area contributed by atoms with Crippen LogP contribution in [-0.2, 0) is 10.9 Å². The van der Waals surface area contributed by atoms with Crippen molar-refractivity contribution in [2.45, 2.75) is 32.1 Å². The van der Waals surface area contributed by atoms with Crippen LogP contribution in [0, 0.1) is 0 Å². The molecule has 21 heavy (non-hydrogen) atoms. The number of alkyl halides is 3. The van der Waals surface area contributed by atoms with Gasteiger partial charge in [0.25, 0.3) is 0 Å². The van der Waals surface area contributed by atoms with Gasteiger partial charge in [-0.05, 0) is 19.9 Å². The second-order valence-electron chi connectivity index (χ2n) is 5.15. The molecule has 0 unspecified atom stereocenters. The fourth-order valence-electron chi connectivity index (χ4n) is 2.35. The first-order valence-electron chi connectivity index (χ1n) is 6.85. The van der Waals surface area contributed by atoms with E-state index in [1.54, 1.807) is 0 Å². The molecule has 2 atom stereocenters. The molecule has 8 heteroatoms. The van der Waals surface area contributed by atoms with Crippen LogP contribution in [0.15, 0.2) is 12.3 Å².